The van der Waals surface area contributed by atoms with Crippen LogP contribution in [0.5, 0.6) is 5.75 Å². The number of aromatic hydroxyl groups is 1. The Labute approximate surface area is 205 Å². The smallest absolute Gasteiger partial charge is 0.124 e. The van der Waals surface area contributed by atoms with E-state index in [1.807, 2.05) is 0 Å². The monoisotopic (exact) mass is 469 g/mol. The van der Waals surface area contributed by atoms with Gasteiger partial charge < -0.3 is 21.1 Å². The van der Waals surface area contributed by atoms with Crippen LogP contribution in [0.4, 0.5) is 0 Å². The van der Waals surface area contributed by atoms with E-state index >= 15 is 0 Å². The Kier molecular flexibility index (Phi) is 21.4. The minimum atomic E-state index is 0. The van der Waals surface area contributed by atoms with Crippen molar-refractivity contribution in [1.82, 2.24) is 16.0 Å². The predicted octanol–water partition coefficient (Wildman–Crippen LogP) is 6.82. The lowest BCUT2D eigenvalue weighted by Crippen LogP contribution is -2.19. The normalized spacial score (nSPS) is 11.0. The molecule has 0 unspecified atom stereocenters. The maximum Gasteiger partial charge on any atom is 0.124 e. The van der Waals surface area contributed by atoms with Gasteiger partial charge in [0.05, 0.1) is 0 Å². The van der Waals surface area contributed by atoms with Crippen molar-refractivity contribution in [2.45, 2.75) is 117 Å². The van der Waals surface area contributed by atoms with Crippen molar-refractivity contribution >= 4 is 12.4 Å². The van der Waals surface area contributed by atoms with Crippen LogP contribution in [0.2, 0.25) is 0 Å². The van der Waals surface area contributed by atoms with E-state index in [0.717, 1.165) is 50.4 Å². The van der Waals surface area contributed by atoms with E-state index in [1.165, 1.54) is 82.6 Å². The molecule has 0 aromatic heterocycles. The van der Waals surface area contributed by atoms with Crippen molar-refractivity contribution in [2.24, 2.45) is 0 Å². The zero-order valence-electron chi connectivity index (χ0n) is 21.2. The Morgan fingerprint density at radius 1 is 0.562 bits per heavy atom. The van der Waals surface area contributed by atoms with Crippen LogP contribution in [-0.2, 0) is 19.6 Å². The summed E-state index contributed by atoms with van der Waals surface area (Å²) in [5, 5.41) is 21.5. The van der Waals surface area contributed by atoms with Gasteiger partial charge in [0.2, 0.25) is 0 Å². The number of phenolic OH excluding ortho intramolecular Hbond substituents is 1. The van der Waals surface area contributed by atoms with Gasteiger partial charge in [-0.3, -0.25) is 0 Å². The number of benzene rings is 1. The molecule has 0 fully saturated rings. The van der Waals surface area contributed by atoms with Gasteiger partial charge in [-0.25, -0.2) is 0 Å². The van der Waals surface area contributed by atoms with Crippen LogP contribution in [0.3, 0.4) is 0 Å². The van der Waals surface area contributed by atoms with Gasteiger partial charge in [-0.1, -0.05) is 78.6 Å². The summed E-state index contributed by atoms with van der Waals surface area (Å²) < 4.78 is 0. The summed E-state index contributed by atoms with van der Waals surface area (Å²) in [4.78, 5) is 0. The van der Waals surface area contributed by atoms with Gasteiger partial charge in [-0.05, 0) is 56.6 Å². The quantitative estimate of drug-likeness (QED) is 0.149. The Bertz CT molecular complexity index is 517. The lowest BCUT2D eigenvalue weighted by molar-refractivity contribution is 0.452. The first-order valence-corrected chi connectivity index (χ1v) is 13.2. The van der Waals surface area contributed by atoms with E-state index in [1.54, 1.807) is 0 Å². The first kappa shape index (κ1) is 31.2. The van der Waals surface area contributed by atoms with Crippen molar-refractivity contribution in [3.8, 4) is 5.75 Å². The molecule has 0 bridgehead atoms. The maximum atomic E-state index is 10.9. The molecule has 0 saturated heterocycles. The van der Waals surface area contributed by atoms with Gasteiger partial charge in [0.15, 0.2) is 0 Å². The van der Waals surface area contributed by atoms with Gasteiger partial charge in [-0.2, -0.15) is 0 Å². The van der Waals surface area contributed by atoms with E-state index in [9.17, 15) is 5.11 Å². The minimum absolute atomic E-state index is 0. The molecule has 0 aliphatic heterocycles. The molecule has 4 N–H and O–H groups in total. The Hall–Kier alpha value is -0.810. The summed E-state index contributed by atoms with van der Waals surface area (Å²) in [6, 6.07) is 4.36. The first-order chi connectivity index (χ1) is 15.2. The fraction of sp³-hybridized carbons (Fsp3) is 0.778. The standard InChI is InChI=1S/C27H51N3O.ClH/c1-4-7-10-13-16-28-21-24-19-25(22-29-17-14-11-8-5-2)27(31)26(20-24)23-30-18-15-12-9-6-3;/h19-20,28-31H,4-18,21-23H2,1-3H3;1H. The summed E-state index contributed by atoms with van der Waals surface area (Å²) in [6.07, 6.45) is 15.3. The topological polar surface area (TPSA) is 56.3 Å². The molecule has 0 aliphatic rings. The molecule has 4 nitrogen and oxygen atoms in total. The number of unbranched alkanes of at least 4 members (excludes halogenated alkanes) is 9. The second-order valence-corrected chi connectivity index (χ2v) is 8.97. The van der Waals surface area contributed by atoms with Crippen LogP contribution in [0.25, 0.3) is 0 Å². The van der Waals surface area contributed by atoms with Crippen molar-refractivity contribution in [2.75, 3.05) is 19.6 Å². The Morgan fingerprint density at radius 2 is 0.938 bits per heavy atom. The minimum Gasteiger partial charge on any atom is -0.507 e. The summed E-state index contributed by atoms with van der Waals surface area (Å²) >= 11 is 0. The Balaban J connectivity index is 0.00000961. The summed E-state index contributed by atoms with van der Waals surface area (Å²) in [6.45, 7) is 12.2. The molecular formula is C27H52ClN3O. The van der Waals surface area contributed by atoms with Crippen LogP contribution in [0.1, 0.15) is 115 Å². The van der Waals surface area contributed by atoms with Crippen molar-refractivity contribution in [1.29, 1.82) is 0 Å². The lowest BCUT2D eigenvalue weighted by Gasteiger charge is -2.15. The van der Waals surface area contributed by atoms with E-state index in [2.05, 4.69) is 48.9 Å². The number of hydrogen-bond donors (Lipinski definition) is 4. The molecular weight excluding hydrogens is 418 g/mol. The van der Waals surface area contributed by atoms with E-state index in [-0.39, 0.29) is 12.4 Å². The molecule has 0 aliphatic carbocycles. The summed E-state index contributed by atoms with van der Waals surface area (Å²) in [7, 11) is 0. The molecule has 1 aromatic rings. The van der Waals surface area contributed by atoms with Crippen LogP contribution in [0.15, 0.2) is 12.1 Å². The average molecular weight is 470 g/mol. The van der Waals surface area contributed by atoms with Gasteiger partial charge in [-0.15, -0.1) is 12.4 Å². The zero-order chi connectivity index (χ0) is 22.6. The molecule has 0 radical (unpaired) electrons. The third-order valence-electron chi connectivity index (χ3n) is 5.91. The molecule has 0 atom stereocenters. The van der Waals surface area contributed by atoms with Crippen molar-refractivity contribution < 1.29 is 5.11 Å². The lowest BCUT2D eigenvalue weighted by atomic mass is 10.0. The van der Waals surface area contributed by atoms with E-state index in [0.29, 0.717) is 5.75 Å². The highest BCUT2D eigenvalue weighted by molar-refractivity contribution is 5.85. The summed E-state index contributed by atoms with van der Waals surface area (Å²) in [5.41, 5.74) is 3.34. The third-order valence-corrected chi connectivity index (χ3v) is 5.91. The average Bonchev–Trinajstić information content (AvgIpc) is 2.77. The molecule has 1 rings (SSSR count). The van der Waals surface area contributed by atoms with Crippen molar-refractivity contribution in [3.05, 3.63) is 28.8 Å². The summed E-state index contributed by atoms with van der Waals surface area (Å²) in [5.74, 6) is 0.466. The van der Waals surface area contributed by atoms with Crippen LogP contribution in [-0.4, -0.2) is 24.7 Å². The van der Waals surface area contributed by atoms with E-state index in [4.69, 9.17) is 0 Å². The number of nitrogens with one attached hydrogen (secondary N) is 3. The molecule has 1 aromatic carbocycles. The van der Waals surface area contributed by atoms with E-state index < -0.39 is 0 Å². The highest BCUT2D eigenvalue weighted by atomic mass is 35.5. The number of halogens is 1. The predicted molar refractivity (Wildman–Crippen MR) is 143 cm³/mol. The highest BCUT2D eigenvalue weighted by Gasteiger charge is 2.10. The van der Waals surface area contributed by atoms with Crippen molar-refractivity contribution in [3.63, 3.8) is 0 Å². The second-order valence-electron chi connectivity index (χ2n) is 8.97. The van der Waals surface area contributed by atoms with Gasteiger partial charge in [0.1, 0.15) is 5.75 Å². The number of rotatable bonds is 21. The zero-order valence-corrected chi connectivity index (χ0v) is 22.1. The van der Waals surface area contributed by atoms with Crippen LogP contribution in [0, 0.1) is 0 Å². The van der Waals surface area contributed by atoms with Gasteiger partial charge in [0.25, 0.3) is 0 Å². The number of phenols is 1. The largest absolute Gasteiger partial charge is 0.507 e. The maximum absolute atomic E-state index is 10.9. The van der Waals surface area contributed by atoms with Gasteiger partial charge in [0, 0.05) is 30.8 Å². The van der Waals surface area contributed by atoms with Crippen LogP contribution >= 0.6 is 12.4 Å². The Morgan fingerprint density at radius 3 is 1.31 bits per heavy atom. The fourth-order valence-corrected chi connectivity index (χ4v) is 3.91. The second kappa shape index (κ2) is 22.0. The number of hydrogen-bond acceptors (Lipinski definition) is 4. The van der Waals surface area contributed by atoms with Crippen LogP contribution < -0.4 is 16.0 Å². The molecule has 0 amide bonds. The molecule has 188 valence electrons. The first-order valence-electron chi connectivity index (χ1n) is 13.2. The molecule has 0 heterocycles. The fourth-order valence-electron chi connectivity index (χ4n) is 3.91. The third kappa shape index (κ3) is 15.1. The molecule has 5 heteroatoms. The molecule has 32 heavy (non-hydrogen) atoms. The molecule has 0 spiro atoms. The highest BCUT2D eigenvalue weighted by Crippen LogP contribution is 2.25. The SMILES string of the molecule is CCCCCCNCc1cc(CNCCCCCC)c(O)c(CNCCCCCC)c1.Cl. The van der Waals surface area contributed by atoms with Gasteiger partial charge >= 0.3 is 0 Å². The molecule has 0 saturated carbocycles.